The molecular formula is C18H23N3O2. The number of nitrogens with zero attached hydrogens (tertiary/aromatic N) is 3. The molecule has 122 valence electrons. The molecule has 1 N–H and O–H groups in total. The molecule has 5 heteroatoms. The average molecular weight is 313 g/mol. The lowest BCUT2D eigenvalue weighted by atomic mass is 10.0. The Morgan fingerprint density at radius 1 is 1.39 bits per heavy atom. The van der Waals surface area contributed by atoms with Crippen molar-refractivity contribution in [3.63, 3.8) is 0 Å². The molecule has 0 aliphatic carbocycles. The molecule has 1 aliphatic heterocycles. The van der Waals surface area contributed by atoms with Crippen molar-refractivity contribution in [2.24, 2.45) is 5.92 Å². The topological polar surface area (TPSA) is 58.4 Å². The molecule has 0 bridgehead atoms. The lowest BCUT2D eigenvalue weighted by Crippen LogP contribution is -2.30. The molecule has 2 aromatic rings. The number of amides is 1. The molecule has 23 heavy (non-hydrogen) atoms. The number of aromatic nitrogens is 2. The molecule has 1 aliphatic rings. The third-order valence-corrected chi connectivity index (χ3v) is 4.73. The van der Waals surface area contributed by atoms with E-state index in [1.165, 1.54) is 0 Å². The molecule has 2 aromatic heterocycles. The van der Waals surface area contributed by atoms with Crippen LogP contribution >= 0.6 is 0 Å². The quantitative estimate of drug-likeness (QED) is 0.946. The maximum Gasteiger partial charge on any atom is 0.255 e. The highest BCUT2D eigenvalue weighted by molar-refractivity contribution is 5.96. The standard InChI is InChI=1S/C18H23N3O2/c1-12-10-16(13(2)21(12)17-6-4-5-8-19-17)18(23)20-9-7-15(11-20)14(3)22/h4-6,8,10,14-15,22H,7,9,11H2,1-3H3. The van der Waals surface area contributed by atoms with Crippen molar-refractivity contribution in [2.45, 2.75) is 33.3 Å². The van der Waals surface area contributed by atoms with Crippen molar-refractivity contribution in [1.82, 2.24) is 14.5 Å². The second-order valence-corrected chi connectivity index (χ2v) is 6.35. The number of pyridine rings is 1. The first-order valence-electron chi connectivity index (χ1n) is 8.06. The second-order valence-electron chi connectivity index (χ2n) is 6.35. The molecule has 1 saturated heterocycles. The molecule has 2 unspecified atom stereocenters. The van der Waals surface area contributed by atoms with Crippen LogP contribution in [0, 0.1) is 19.8 Å². The predicted octanol–water partition coefficient (Wildman–Crippen LogP) is 2.33. The number of aryl methyl sites for hydroxylation is 1. The fourth-order valence-electron chi connectivity index (χ4n) is 3.35. The van der Waals surface area contributed by atoms with Crippen LogP contribution in [0.5, 0.6) is 0 Å². The van der Waals surface area contributed by atoms with E-state index in [0.717, 1.165) is 29.2 Å². The fourth-order valence-corrected chi connectivity index (χ4v) is 3.35. The minimum atomic E-state index is -0.367. The minimum absolute atomic E-state index is 0.0448. The van der Waals surface area contributed by atoms with Crippen LogP contribution in [0.4, 0.5) is 0 Å². The van der Waals surface area contributed by atoms with Gasteiger partial charge >= 0.3 is 0 Å². The van der Waals surface area contributed by atoms with Crippen LogP contribution in [0.25, 0.3) is 5.82 Å². The van der Waals surface area contributed by atoms with Crippen molar-refractivity contribution in [1.29, 1.82) is 0 Å². The zero-order valence-corrected chi connectivity index (χ0v) is 13.9. The van der Waals surface area contributed by atoms with E-state index < -0.39 is 0 Å². The van der Waals surface area contributed by atoms with Gasteiger partial charge in [-0.25, -0.2) is 4.98 Å². The second kappa shape index (κ2) is 6.16. The molecule has 1 amide bonds. The highest BCUT2D eigenvalue weighted by Crippen LogP contribution is 2.25. The zero-order valence-electron chi connectivity index (χ0n) is 13.9. The molecule has 5 nitrogen and oxygen atoms in total. The SMILES string of the molecule is Cc1cc(C(=O)N2CCC(C(C)O)C2)c(C)n1-c1ccccn1. The Bertz CT molecular complexity index is 707. The van der Waals surface area contributed by atoms with Gasteiger partial charge in [0.2, 0.25) is 0 Å². The third kappa shape index (κ3) is 2.88. The van der Waals surface area contributed by atoms with Crippen molar-refractivity contribution in [2.75, 3.05) is 13.1 Å². The summed E-state index contributed by atoms with van der Waals surface area (Å²) < 4.78 is 2.01. The highest BCUT2D eigenvalue weighted by Gasteiger charge is 2.31. The highest BCUT2D eigenvalue weighted by atomic mass is 16.3. The van der Waals surface area contributed by atoms with E-state index in [1.54, 1.807) is 13.1 Å². The van der Waals surface area contributed by atoms with Gasteiger partial charge in [-0.15, -0.1) is 0 Å². The molecule has 3 heterocycles. The molecule has 3 rings (SSSR count). The van der Waals surface area contributed by atoms with Gasteiger partial charge in [0.1, 0.15) is 5.82 Å². The van der Waals surface area contributed by atoms with E-state index in [0.29, 0.717) is 13.1 Å². The summed E-state index contributed by atoms with van der Waals surface area (Å²) in [6.07, 6.45) is 2.25. The Morgan fingerprint density at radius 3 is 2.78 bits per heavy atom. The number of hydrogen-bond donors (Lipinski definition) is 1. The maximum absolute atomic E-state index is 12.8. The van der Waals surface area contributed by atoms with E-state index in [4.69, 9.17) is 0 Å². The number of aliphatic hydroxyl groups excluding tert-OH is 1. The first kappa shape index (κ1) is 15.7. The number of rotatable bonds is 3. The normalized spacial score (nSPS) is 19.1. The van der Waals surface area contributed by atoms with Crippen LogP contribution in [0.1, 0.15) is 35.1 Å². The van der Waals surface area contributed by atoms with Gasteiger partial charge in [0.15, 0.2) is 0 Å². The van der Waals surface area contributed by atoms with Crippen molar-refractivity contribution >= 4 is 5.91 Å². The number of carbonyl (C=O) groups is 1. The number of hydrogen-bond acceptors (Lipinski definition) is 3. The summed E-state index contributed by atoms with van der Waals surface area (Å²) in [5.74, 6) is 1.05. The summed E-state index contributed by atoms with van der Waals surface area (Å²) in [6, 6.07) is 7.69. The van der Waals surface area contributed by atoms with Gasteiger partial charge in [0.25, 0.3) is 5.91 Å². The summed E-state index contributed by atoms with van der Waals surface area (Å²) in [7, 11) is 0. The van der Waals surface area contributed by atoms with Crippen LogP contribution in [-0.2, 0) is 0 Å². The summed E-state index contributed by atoms with van der Waals surface area (Å²) >= 11 is 0. The number of aliphatic hydroxyl groups is 1. The van der Waals surface area contributed by atoms with E-state index in [-0.39, 0.29) is 17.9 Å². The lowest BCUT2D eigenvalue weighted by Gasteiger charge is -2.18. The molecule has 0 radical (unpaired) electrons. The molecule has 0 saturated carbocycles. The zero-order chi connectivity index (χ0) is 16.6. The Hall–Kier alpha value is -2.14. The van der Waals surface area contributed by atoms with Gasteiger partial charge < -0.3 is 14.6 Å². The smallest absolute Gasteiger partial charge is 0.255 e. The summed E-state index contributed by atoms with van der Waals surface area (Å²) in [6.45, 7) is 7.08. The Balaban J connectivity index is 1.89. The summed E-state index contributed by atoms with van der Waals surface area (Å²) in [4.78, 5) is 19.1. The van der Waals surface area contributed by atoms with Crippen LogP contribution in [0.2, 0.25) is 0 Å². The first-order valence-corrected chi connectivity index (χ1v) is 8.06. The van der Waals surface area contributed by atoms with Crippen LogP contribution in [-0.4, -0.2) is 44.7 Å². The van der Waals surface area contributed by atoms with Gasteiger partial charge in [-0.05, 0) is 45.4 Å². The van der Waals surface area contributed by atoms with E-state index >= 15 is 0 Å². The average Bonchev–Trinajstić information content (AvgIpc) is 3.13. The van der Waals surface area contributed by atoms with Crippen LogP contribution < -0.4 is 0 Å². The van der Waals surface area contributed by atoms with Crippen LogP contribution in [0.3, 0.4) is 0 Å². The lowest BCUT2D eigenvalue weighted by molar-refractivity contribution is 0.0762. The number of likely N-dealkylation sites (tertiary alicyclic amines) is 1. The molecule has 1 fully saturated rings. The Labute approximate surface area is 136 Å². The van der Waals surface area contributed by atoms with E-state index in [1.807, 2.05) is 47.6 Å². The Morgan fingerprint density at radius 2 is 2.17 bits per heavy atom. The van der Waals surface area contributed by atoms with Gasteiger partial charge in [0.05, 0.1) is 11.7 Å². The van der Waals surface area contributed by atoms with Gasteiger partial charge in [-0.3, -0.25) is 4.79 Å². The Kier molecular flexibility index (Phi) is 4.22. The van der Waals surface area contributed by atoms with Gasteiger partial charge in [-0.2, -0.15) is 0 Å². The fraction of sp³-hybridized carbons (Fsp3) is 0.444. The van der Waals surface area contributed by atoms with Crippen molar-refractivity contribution in [3.8, 4) is 5.82 Å². The first-order chi connectivity index (χ1) is 11.0. The third-order valence-electron chi connectivity index (χ3n) is 4.73. The van der Waals surface area contributed by atoms with Crippen LogP contribution in [0.15, 0.2) is 30.5 Å². The summed E-state index contributed by atoms with van der Waals surface area (Å²) in [5.41, 5.74) is 2.63. The predicted molar refractivity (Wildman–Crippen MR) is 88.7 cm³/mol. The minimum Gasteiger partial charge on any atom is -0.393 e. The molecule has 0 spiro atoms. The van der Waals surface area contributed by atoms with Crippen molar-refractivity contribution < 1.29 is 9.90 Å². The van der Waals surface area contributed by atoms with E-state index in [2.05, 4.69) is 4.98 Å². The number of carbonyl (C=O) groups excluding carboxylic acids is 1. The molecular weight excluding hydrogens is 290 g/mol. The van der Waals surface area contributed by atoms with Gasteiger partial charge in [-0.1, -0.05) is 6.07 Å². The monoisotopic (exact) mass is 313 g/mol. The maximum atomic E-state index is 12.8. The molecule has 0 aromatic carbocycles. The van der Waals surface area contributed by atoms with E-state index in [9.17, 15) is 9.90 Å². The summed E-state index contributed by atoms with van der Waals surface area (Å²) in [5, 5.41) is 9.72. The molecule has 2 atom stereocenters. The largest absolute Gasteiger partial charge is 0.393 e. The van der Waals surface area contributed by atoms with Gasteiger partial charge in [0, 0.05) is 36.6 Å². The van der Waals surface area contributed by atoms with Crippen molar-refractivity contribution in [3.05, 3.63) is 47.4 Å².